The second kappa shape index (κ2) is 5.95. The minimum atomic E-state index is -0.416. The largest absolute Gasteiger partial charge is 0.386 e. The van der Waals surface area contributed by atoms with Crippen LogP contribution in [0.5, 0.6) is 0 Å². The summed E-state index contributed by atoms with van der Waals surface area (Å²) >= 11 is 1.58. The van der Waals surface area contributed by atoms with Crippen LogP contribution in [-0.2, 0) is 6.54 Å². The molecule has 0 saturated heterocycles. The highest BCUT2D eigenvalue weighted by atomic mass is 32.1. The van der Waals surface area contributed by atoms with E-state index in [9.17, 15) is 5.11 Å². The second-order valence-electron chi connectivity index (χ2n) is 4.10. The molecule has 0 bridgehead atoms. The average molecular weight is 251 g/mol. The summed E-state index contributed by atoms with van der Waals surface area (Å²) in [4.78, 5) is 5.01. The van der Waals surface area contributed by atoms with E-state index >= 15 is 0 Å². The van der Waals surface area contributed by atoms with E-state index in [4.69, 9.17) is 0 Å². The summed E-state index contributed by atoms with van der Waals surface area (Å²) in [6.45, 7) is 3.54. The number of nitrogens with one attached hydrogen (secondary N) is 1. The third kappa shape index (κ3) is 3.66. The molecule has 0 amide bonds. The molecular formula is C12H17N3OS. The molecule has 0 fully saturated rings. The number of hydrogen-bond donors (Lipinski definition) is 2. The third-order valence-corrected chi connectivity index (χ3v) is 3.55. The van der Waals surface area contributed by atoms with E-state index in [-0.39, 0.29) is 0 Å². The standard InChI is InChI=1S/C12H17N3OS/c1-10(8-15-5-4-13-9-15)14-7-11(16)12-3-2-6-17-12/h2-6,9-11,14,16H,7-8H2,1H3. The van der Waals surface area contributed by atoms with Gasteiger partial charge >= 0.3 is 0 Å². The lowest BCUT2D eigenvalue weighted by molar-refractivity contribution is 0.173. The monoisotopic (exact) mass is 251 g/mol. The van der Waals surface area contributed by atoms with Gasteiger partial charge in [-0.1, -0.05) is 6.07 Å². The number of aliphatic hydroxyl groups excluding tert-OH is 1. The fourth-order valence-electron chi connectivity index (χ4n) is 1.67. The van der Waals surface area contributed by atoms with Crippen molar-refractivity contribution in [2.45, 2.75) is 25.6 Å². The van der Waals surface area contributed by atoms with E-state index in [1.54, 1.807) is 23.9 Å². The van der Waals surface area contributed by atoms with Gasteiger partial charge in [0.2, 0.25) is 0 Å². The molecule has 2 rings (SSSR count). The van der Waals surface area contributed by atoms with Gasteiger partial charge in [-0.2, -0.15) is 0 Å². The zero-order chi connectivity index (χ0) is 12.1. The number of hydrogen-bond acceptors (Lipinski definition) is 4. The molecule has 2 N–H and O–H groups in total. The minimum Gasteiger partial charge on any atom is -0.386 e. The SMILES string of the molecule is CC(Cn1ccnc1)NCC(O)c1cccs1. The Kier molecular flexibility index (Phi) is 4.30. The van der Waals surface area contributed by atoms with Gasteiger partial charge in [0.1, 0.15) is 6.10 Å². The molecule has 0 aliphatic heterocycles. The van der Waals surface area contributed by atoms with Gasteiger partial charge in [0.15, 0.2) is 0 Å². The van der Waals surface area contributed by atoms with Gasteiger partial charge in [0.25, 0.3) is 0 Å². The lowest BCUT2D eigenvalue weighted by atomic mass is 10.2. The van der Waals surface area contributed by atoms with Gasteiger partial charge in [-0.25, -0.2) is 4.98 Å². The molecule has 0 saturated carbocycles. The molecule has 0 radical (unpaired) electrons. The molecule has 17 heavy (non-hydrogen) atoms. The van der Waals surface area contributed by atoms with Crippen LogP contribution in [0, 0.1) is 0 Å². The zero-order valence-corrected chi connectivity index (χ0v) is 10.6. The first-order chi connectivity index (χ1) is 8.25. The molecule has 2 atom stereocenters. The van der Waals surface area contributed by atoms with Crippen LogP contribution < -0.4 is 5.32 Å². The predicted molar refractivity (Wildman–Crippen MR) is 69.0 cm³/mol. The minimum absolute atomic E-state index is 0.304. The molecule has 4 nitrogen and oxygen atoms in total. The van der Waals surface area contributed by atoms with Crippen LogP contribution in [0.25, 0.3) is 0 Å². The zero-order valence-electron chi connectivity index (χ0n) is 9.78. The molecule has 0 aliphatic carbocycles. The third-order valence-electron chi connectivity index (χ3n) is 2.58. The summed E-state index contributed by atoms with van der Waals surface area (Å²) in [6, 6.07) is 4.22. The summed E-state index contributed by atoms with van der Waals surface area (Å²) in [5.74, 6) is 0. The Bertz CT molecular complexity index is 413. The van der Waals surface area contributed by atoms with E-state index in [2.05, 4.69) is 17.2 Å². The summed E-state index contributed by atoms with van der Waals surface area (Å²) in [5, 5.41) is 15.2. The van der Waals surface area contributed by atoms with E-state index in [0.717, 1.165) is 11.4 Å². The van der Waals surface area contributed by atoms with Crippen molar-refractivity contribution in [1.82, 2.24) is 14.9 Å². The van der Waals surface area contributed by atoms with Gasteiger partial charge in [-0.05, 0) is 18.4 Å². The Hall–Kier alpha value is -1.17. The Morgan fingerprint density at radius 3 is 3.12 bits per heavy atom. The molecule has 2 aromatic rings. The first-order valence-corrected chi connectivity index (χ1v) is 6.54. The van der Waals surface area contributed by atoms with E-state index in [1.807, 2.05) is 28.3 Å². The highest BCUT2D eigenvalue weighted by Gasteiger charge is 2.10. The molecule has 5 heteroatoms. The molecule has 2 heterocycles. The van der Waals surface area contributed by atoms with E-state index < -0.39 is 6.10 Å². The van der Waals surface area contributed by atoms with Crippen LogP contribution in [0.2, 0.25) is 0 Å². The van der Waals surface area contributed by atoms with Gasteiger partial charge in [0.05, 0.1) is 6.33 Å². The first-order valence-electron chi connectivity index (χ1n) is 5.66. The van der Waals surface area contributed by atoms with Crippen LogP contribution >= 0.6 is 11.3 Å². The van der Waals surface area contributed by atoms with Crippen molar-refractivity contribution in [1.29, 1.82) is 0 Å². The molecule has 2 aromatic heterocycles. The van der Waals surface area contributed by atoms with Crippen molar-refractivity contribution in [3.63, 3.8) is 0 Å². The summed E-state index contributed by atoms with van der Waals surface area (Å²) in [5.41, 5.74) is 0. The number of nitrogens with zero attached hydrogens (tertiary/aromatic N) is 2. The average Bonchev–Trinajstić information content (AvgIpc) is 2.97. The molecule has 2 unspecified atom stereocenters. The van der Waals surface area contributed by atoms with Crippen molar-refractivity contribution in [2.75, 3.05) is 6.54 Å². The van der Waals surface area contributed by atoms with E-state index in [0.29, 0.717) is 12.6 Å². The Labute approximate surface area is 105 Å². The maximum atomic E-state index is 9.91. The summed E-state index contributed by atoms with van der Waals surface area (Å²) < 4.78 is 2.02. The second-order valence-corrected chi connectivity index (χ2v) is 5.08. The van der Waals surface area contributed by atoms with Crippen molar-refractivity contribution < 1.29 is 5.11 Å². The maximum absolute atomic E-state index is 9.91. The fraction of sp³-hybridized carbons (Fsp3) is 0.417. The first kappa shape index (κ1) is 12.3. The number of thiophene rings is 1. The number of rotatable bonds is 6. The molecule has 92 valence electrons. The molecule has 0 aromatic carbocycles. The van der Waals surface area contributed by atoms with Crippen LogP contribution in [0.15, 0.2) is 36.2 Å². The topological polar surface area (TPSA) is 50.1 Å². The van der Waals surface area contributed by atoms with Crippen molar-refractivity contribution >= 4 is 11.3 Å². The number of imidazole rings is 1. The normalized spacial score (nSPS) is 14.7. The van der Waals surface area contributed by atoms with Crippen LogP contribution in [0.4, 0.5) is 0 Å². The predicted octanol–water partition coefficient (Wildman–Crippen LogP) is 1.66. The quantitative estimate of drug-likeness (QED) is 0.821. The fourth-order valence-corrected chi connectivity index (χ4v) is 2.38. The van der Waals surface area contributed by atoms with Gasteiger partial charge in [-0.15, -0.1) is 11.3 Å². The molecule has 0 spiro atoms. The highest BCUT2D eigenvalue weighted by Crippen LogP contribution is 2.17. The van der Waals surface area contributed by atoms with Crippen LogP contribution in [0.1, 0.15) is 17.9 Å². The van der Waals surface area contributed by atoms with E-state index in [1.165, 1.54) is 0 Å². The van der Waals surface area contributed by atoms with Crippen molar-refractivity contribution in [3.8, 4) is 0 Å². The molecule has 0 aliphatic rings. The van der Waals surface area contributed by atoms with Crippen LogP contribution in [-0.4, -0.2) is 27.2 Å². The van der Waals surface area contributed by atoms with Crippen molar-refractivity contribution in [2.24, 2.45) is 0 Å². The lowest BCUT2D eigenvalue weighted by Crippen LogP contribution is -2.33. The highest BCUT2D eigenvalue weighted by molar-refractivity contribution is 7.10. The summed E-state index contributed by atoms with van der Waals surface area (Å²) in [6.07, 6.45) is 5.09. The Morgan fingerprint density at radius 2 is 2.47 bits per heavy atom. The lowest BCUT2D eigenvalue weighted by Gasteiger charge is -2.16. The molecular weight excluding hydrogens is 234 g/mol. The van der Waals surface area contributed by atoms with Crippen molar-refractivity contribution in [3.05, 3.63) is 41.1 Å². The Balaban J connectivity index is 1.74. The smallest absolute Gasteiger partial charge is 0.101 e. The van der Waals surface area contributed by atoms with Gasteiger partial charge in [-0.3, -0.25) is 0 Å². The van der Waals surface area contributed by atoms with Crippen LogP contribution in [0.3, 0.4) is 0 Å². The maximum Gasteiger partial charge on any atom is 0.101 e. The van der Waals surface area contributed by atoms with Gasteiger partial charge < -0.3 is 15.0 Å². The Morgan fingerprint density at radius 1 is 1.59 bits per heavy atom. The number of aromatic nitrogens is 2. The number of aliphatic hydroxyl groups is 1. The summed E-state index contributed by atoms with van der Waals surface area (Å²) in [7, 11) is 0. The van der Waals surface area contributed by atoms with Gasteiger partial charge in [0, 0.05) is 36.4 Å².